The van der Waals surface area contributed by atoms with Gasteiger partial charge in [-0.2, -0.15) is 5.10 Å². The maximum atomic E-state index is 12.6. The van der Waals surface area contributed by atoms with Crippen molar-refractivity contribution in [1.82, 2.24) is 14.7 Å². The molecular weight excluding hydrogens is 446 g/mol. The van der Waals surface area contributed by atoms with Gasteiger partial charge in [0.05, 0.1) is 14.2 Å². The summed E-state index contributed by atoms with van der Waals surface area (Å²) in [7, 11) is 3.28. The van der Waals surface area contributed by atoms with Gasteiger partial charge in [0.25, 0.3) is 5.91 Å². The number of anilines is 1. The zero-order chi connectivity index (χ0) is 24.7. The lowest BCUT2D eigenvalue weighted by Gasteiger charge is -2.34. The van der Waals surface area contributed by atoms with Crippen LogP contribution in [0.2, 0.25) is 0 Å². The van der Waals surface area contributed by atoms with Crippen LogP contribution in [0.1, 0.15) is 47.5 Å². The molecule has 2 fully saturated rings. The molecule has 1 saturated heterocycles. The van der Waals surface area contributed by atoms with Crippen molar-refractivity contribution in [2.45, 2.75) is 31.6 Å². The Bertz CT molecular complexity index is 1190. The Morgan fingerprint density at radius 1 is 1.11 bits per heavy atom. The predicted molar refractivity (Wildman–Crippen MR) is 134 cm³/mol. The molecule has 1 saturated carbocycles. The van der Waals surface area contributed by atoms with Crippen molar-refractivity contribution < 1.29 is 19.1 Å². The lowest BCUT2D eigenvalue weighted by Crippen LogP contribution is -2.38. The molecule has 5 rings (SSSR count). The summed E-state index contributed by atoms with van der Waals surface area (Å²) in [5.74, 6) is 2.09. The van der Waals surface area contributed by atoms with Crippen molar-refractivity contribution in [3.8, 4) is 22.8 Å². The van der Waals surface area contributed by atoms with Crippen LogP contribution in [-0.4, -0.2) is 60.3 Å². The Morgan fingerprint density at radius 3 is 2.31 bits per heavy atom. The van der Waals surface area contributed by atoms with E-state index in [-0.39, 0.29) is 11.8 Å². The highest BCUT2D eigenvalue weighted by Crippen LogP contribution is 2.50. The number of nitrogens with zero attached hydrogens (tertiary/aromatic N) is 3. The fourth-order valence-electron chi connectivity index (χ4n) is 5.26. The van der Waals surface area contributed by atoms with Gasteiger partial charge in [-0.05, 0) is 55.9 Å². The third-order valence-corrected chi connectivity index (χ3v) is 7.16. The zero-order valence-corrected chi connectivity index (χ0v) is 20.2. The van der Waals surface area contributed by atoms with E-state index in [0.29, 0.717) is 48.2 Å². The smallest absolute Gasteiger partial charge is 0.254 e. The summed E-state index contributed by atoms with van der Waals surface area (Å²) in [6.45, 7) is 5.47. The summed E-state index contributed by atoms with van der Waals surface area (Å²) in [5.41, 5.74) is 9.50. The number of allylic oxidation sites excluding steroid dienone is 1. The molecule has 0 spiro atoms. The number of aromatic nitrogens is 2. The molecule has 1 aromatic heterocycles. The van der Waals surface area contributed by atoms with Crippen molar-refractivity contribution in [1.29, 1.82) is 0 Å². The van der Waals surface area contributed by atoms with Gasteiger partial charge in [-0.3, -0.25) is 9.59 Å². The Hall–Kier alpha value is -3.75. The minimum atomic E-state index is -0.550. The van der Waals surface area contributed by atoms with E-state index in [2.05, 4.69) is 18.0 Å². The average Bonchev–Trinajstić information content (AvgIpc) is 3.65. The van der Waals surface area contributed by atoms with Gasteiger partial charge in [0, 0.05) is 42.4 Å². The van der Waals surface area contributed by atoms with Gasteiger partial charge >= 0.3 is 0 Å². The van der Waals surface area contributed by atoms with Gasteiger partial charge in [0.2, 0.25) is 5.91 Å². The molecule has 2 aliphatic heterocycles. The third kappa shape index (κ3) is 4.05. The molecule has 0 unspecified atom stereocenters. The van der Waals surface area contributed by atoms with Crippen molar-refractivity contribution in [3.63, 3.8) is 0 Å². The van der Waals surface area contributed by atoms with Crippen LogP contribution in [0.25, 0.3) is 17.0 Å². The number of nitrogens with two attached hydrogens (primary N) is 1. The Labute approximate surface area is 204 Å². The molecule has 0 atom stereocenters. The van der Waals surface area contributed by atoms with Gasteiger partial charge < -0.3 is 25.4 Å². The summed E-state index contributed by atoms with van der Waals surface area (Å²) in [6.07, 6.45) is 7.28. The highest BCUT2D eigenvalue weighted by molar-refractivity contribution is 6.04. The standard InChI is InChI=1S/C26H31N5O4/c1-4-21(32)30-11-8-15(9-12-30)18-7-10-28-26-23(25(27)33)24(29-31(18)26)17-13-19(34-2)22(16-5-6-16)20(14-17)35-3/h4,7,13-16,28H,1,5-6,8-12H2,2-3H3,(H2,27,33). The predicted octanol–water partition coefficient (Wildman–Crippen LogP) is 3.23. The van der Waals surface area contributed by atoms with Crippen LogP contribution >= 0.6 is 0 Å². The van der Waals surface area contributed by atoms with Crippen molar-refractivity contribution >= 4 is 23.3 Å². The number of benzene rings is 1. The SMILES string of the molecule is C=CC(=O)N1CCC(C2=CCNc3c(C(N)=O)c(-c4cc(OC)c(C5CC5)c(OC)c4)nn32)CC1. The first-order chi connectivity index (χ1) is 17.0. The number of nitrogens with one attached hydrogen (secondary N) is 1. The Kier molecular flexibility index (Phi) is 6.00. The number of fused-ring (bicyclic) bond motifs is 1. The second kappa shape index (κ2) is 9.13. The molecule has 2 amide bonds. The number of ether oxygens (including phenoxy) is 2. The molecule has 1 aliphatic carbocycles. The number of likely N-dealkylation sites (tertiary alicyclic amines) is 1. The molecule has 2 aromatic rings. The largest absolute Gasteiger partial charge is 0.496 e. The summed E-state index contributed by atoms with van der Waals surface area (Å²) in [6, 6.07) is 3.83. The minimum absolute atomic E-state index is 0.0432. The highest BCUT2D eigenvalue weighted by Gasteiger charge is 2.34. The minimum Gasteiger partial charge on any atom is -0.496 e. The van der Waals surface area contributed by atoms with Gasteiger partial charge in [0.15, 0.2) is 0 Å². The summed E-state index contributed by atoms with van der Waals surface area (Å²) >= 11 is 0. The highest BCUT2D eigenvalue weighted by atomic mass is 16.5. The van der Waals surface area contributed by atoms with Crippen molar-refractivity contribution in [3.05, 3.63) is 42.0 Å². The lowest BCUT2D eigenvalue weighted by atomic mass is 9.92. The molecule has 0 bridgehead atoms. The number of methoxy groups -OCH3 is 2. The van der Waals surface area contributed by atoms with Crippen molar-refractivity contribution in [2.24, 2.45) is 11.7 Å². The van der Waals surface area contributed by atoms with Crippen LogP contribution in [0.3, 0.4) is 0 Å². The number of hydrogen-bond donors (Lipinski definition) is 2. The van der Waals surface area contributed by atoms with Crippen molar-refractivity contribution in [2.75, 3.05) is 39.2 Å². The van der Waals surface area contributed by atoms with Crippen LogP contribution in [0.15, 0.2) is 30.9 Å². The number of carbonyl (C=O) groups excluding carboxylic acids is 2. The van der Waals surface area contributed by atoms with Gasteiger partial charge in [-0.25, -0.2) is 4.68 Å². The first-order valence-electron chi connectivity index (χ1n) is 12.0. The molecule has 3 aliphatic rings. The van der Waals surface area contributed by atoms with Crippen LogP contribution in [0.5, 0.6) is 11.5 Å². The average molecular weight is 478 g/mol. The maximum absolute atomic E-state index is 12.6. The summed E-state index contributed by atoms with van der Waals surface area (Å²) in [5, 5.41) is 8.18. The van der Waals surface area contributed by atoms with E-state index in [1.807, 2.05) is 21.7 Å². The third-order valence-electron chi connectivity index (χ3n) is 7.16. The first-order valence-corrected chi connectivity index (χ1v) is 12.0. The second-order valence-electron chi connectivity index (χ2n) is 9.23. The molecule has 3 N–H and O–H groups in total. The maximum Gasteiger partial charge on any atom is 0.254 e. The van der Waals surface area contributed by atoms with Gasteiger partial charge in [-0.15, -0.1) is 0 Å². The Morgan fingerprint density at radius 2 is 1.77 bits per heavy atom. The molecular formula is C26H31N5O4. The molecule has 9 heteroatoms. The number of carbonyl (C=O) groups is 2. The van der Waals surface area contributed by atoms with E-state index in [1.54, 1.807) is 14.2 Å². The summed E-state index contributed by atoms with van der Waals surface area (Å²) in [4.78, 5) is 26.5. The first kappa shape index (κ1) is 23.0. The number of hydrogen-bond acceptors (Lipinski definition) is 6. The summed E-state index contributed by atoms with van der Waals surface area (Å²) < 4.78 is 13.2. The molecule has 9 nitrogen and oxygen atoms in total. The van der Waals surface area contributed by atoms with Gasteiger partial charge in [0.1, 0.15) is 28.6 Å². The van der Waals surface area contributed by atoms with Crippen LogP contribution in [0, 0.1) is 5.92 Å². The van der Waals surface area contributed by atoms with Gasteiger partial charge in [-0.1, -0.05) is 6.58 Å². The second-order valence-corrected chi connectivity index (χ2v) is 9.23. The Balaban J connectivity index is 1.54. The number of piperidine rings is 1. The zero-order valence-electron chi connectivity index (χ0n) is 20.2. The molecule has 3 heterocycles. The molecule has 184 valence electrons. The van der Waals surface area contributed by atoms with Crippen LogP contribution in [-0.2, 0) is 4.79 Å². The van der Waals surface area contributed by atoms with E-state index < -0.39 is 5.91 Å². The fourth-order valence-corrected chi connectivity index (χ4v) is 5.26. The fraction of sp³-hybridized carbons (Fsp3) is 0.423. The molecule has 35 heavy (non-hydrogen) atoms. The lowest BCUT2D eigenvalue weighted by molar-refractivity contribution is -0.127. The molecule has 1 aromatic carbocycles. The number of amides is 2. The van der Waals surface area contributed by atoms with Crippen LogP contribution < -0.4 is 20.5 Å². The molecule has 0 radical (unpaired) electrons. The topological polar surface area (TPSA) is 112 Å². The number of primary amides is 1. The van der Waals surface area contributed by atoms with E-state index in [0.717, 1.165) is 48.4 Å². The monoisotopic (exact) mass is 477 g/mol. The van der Waals surface area contributed by atoms with E-state index in [9.17, 15) is 9.59 Å². The van der Waals surface area contributed by atoms with Crippen LogP contribution in [0.4, 0.5) is 5.82 Å². The van der Waals surface area contributed by atoms with E-state index in [1.165, 1.54) is 6.08 Å². The quantitative estimate of drug-likeness (QED) is 0.592. The number of rotatable bonds is 7. The van der Waals surface area contributed by atoms with E-state index in [4.69, 9.17) is 20.3 Å². The van der Waals surface area contributed by atoms with E-state index >= 15 is 0 Å². The normalized spacial score (nSPS) is 17.8.